The van der Waals surface area contributed by atoms with Crippen LogP contribution in [0.2, 0.25) is 0 Å². The number of aliphatic hydroxyl groups is 2. The summed E-state index contributed by atoms with van der Waals surface area (Å²) in [5.41, 5.74) is 8.05. The highest BCUT2D eigenvalue weighted by Gasteiger charge is 2.22. The smallest absolute Gasteiger partial charge is 0.312 e. The second-order valence-electron chi connectivity index (χ2n) is 7.99. The van der Waals surface area contributed by atoms with Gasteiger partial charge in [-0.25, -0.2) is 14.2 Å². The molecule has 184 valence electrons. The molecule has 35 heavy (non-hydrogen) atoms. The standard InChI is InChI=1S/C24H26FN5O3S2/c1-14(28-24(26)33)23-29-21-20(25)17(11-18(22(21)35-23)19-4-2-3-5-27-19)15-10-16(34-13-15)12-30(6-8-31)7-9-32/h2-5,10-11,13-14,31-32H,6-9,12H2,1H3,(H3,26,28,33). The first-order valence-electron chi connectivity index (χ1n) is 11.0. The highest BCUT2D eigenvalue weighted by Crippen LogP contribution is 2.41. The average molecular weight is 516 g/mol. The number of fused-ring (bicyclic) bond motifs is 1. The van der Waals surface area contributed by atoms with E-state index in [9.17, 15) is 15.0 Å². The van der Waals surface area contributed by atoms with Gasteiger partial charge in [0.25, 0.3) is 0 Å². The molecule has 0 fully saturated rings. The molecule has 0 bridgehead atoms. The molecule has 0 aliphatic heterocycles. The SMILES string of the molecule is CC(NC(N)=O)c1nc2c(F)c(-c3csc(CN(CCO)CCO)c3)cc(-c3ccccn3)c2s1. The number of benzene rings is 1. The zero-order valence-corrected chi connectivity index (χ0v) is 20.7. The number of hydrogen-bond donors (Lipinski definition) is 4. The molecule has 2 amide bonds. The minimum absolute atomic E-state index is 0.00778. The summed E-state index contributed by atoms with van der Waals surface area (Å²) in [4.78, 5) is 23.2. The number of primary amides is 1. The van der Waals surface area contributed by atoms with Gasteiger partial charge in [-0.2, -0.15) is 0 Å². The van der Waals surface area contributed by atoms with Crippen molar-refractivity contribution >= 4 is 38.9 Å². The Morgan fingerprint density at radius 2 is 2.00 bits per heavy atom. The van der Waals surface area contributed by atoms with Crippen molar-refractivity contribution in [2.45, 2.75) is 19.5 Å². The van der Waals surface area contributed by atoms with Crippen LogP contribution in [0.5, 0.6) is 0 Å². The van der Waals surface area contributed by atoms with Crippen LogP contribution in [0.3, 0.4) is 0 Å². The Balaban J connectivity index is 1.79. The summed E-state index contributed by atoms with van der Waals surface area (Å²) < 4.78 is 16.5. The number of nitrogens with one attached hydrogen (secondary N) is 1. The second-order valence-corrected chi connectivity index (χ2v) is 10.0. The van der Waals surface area contributed by atoms with Crippen molar-refractivity contribution in [1.29, 1.82) is 0 Å². The van der Waals surface area contributed by atoms with Gasteiger partial charge in [0.1, 0.15) is 10.5 Å². The van der Waals surface area contributed by atoms with Crippen LogP contribution in [0.25, 0.3) is 32.6 Å². The van der Waals surface area contributed by atoms with Crippen LogP contribution in [-0.4, -0.2) is 57.4 Å². The first-order valence-corrected chi connectivity index (χ1v) is 12.7. The van der Waals surface area contributed by atoms with Crippen LogP contribution in [0.1, 0.15) is 22.9 Å². The Bertz CT molecular complexity index is 1310. The van der Waals surface area contributed by atoms with Crippen molar-refractivity contribution in [3.63, 3.8) is 0 Å². The van der Waals surface area contributed by atoms with E-state index in [1.54, 1.807) is 19.2 Å². The van der Waals surface area contributed by atoms with Gasteiger partial charge in [0, 0.05) is 41.8 Å². The number of nitrogens with two attached hydrogens (primary N) is 1. The molecule has 0 spiro atoms. The van der Waals surface area contributed by atoms with Crippen molar-refractivity contribution in [1.82, 2.24) is 20.2 Å². The molecule has 1 unspecified atom stereocenters. The number of rotatable bonds is 10. The molecule has 0 aliphatic rings. The van der Waals surface area contributed by atoms with Crippen molar-refractivity contribution in [3.8, 4) is 22.4 Å². The van der Waals surface area contributed by atoms with Crippen LogP contribution < -0.4 is 11.1 Å². The number of pyridine rings is 1. The summed E-state index contributed by atoms with van der Waals surface area (Å²) in [5, 5.41) is 23.6. The fraction of sp³-hybridized carbons (Fsp3) is 0.292. The average Bonchev–Trinajstić information content (AvgIpc) is 3.48. The second kappa shape index (κ2) is 11.2. The fourth-order valence-electron chi connectivity index (χ4n) is 3.83. The number of carbonyl (C=O) groups is 1. The Labute approximate surface area is 209 Å². The molecule has 0 saturated carbocycles. The topological polar surface area (TPSA) is 125 Å². The first kappa shape index (κ1) is 25.1. The summed E-state index contributed by atoms with van der Waals surface area (Å²) in [5.74, 6) is -0.444. The van der Waals surface area contributed by atoms with E-state index in [1.807, 2.05) is 34.5 Å². The predicted molar refractivity (Wildman–Crippen MR) is 137 cm³/mol. The lowest BCUT2D eigenvalue weighted by Crippen LogP contribution is -2.31. The van der Waals surface area contributed by atoms with Crippen molar-refractivity contribution in [2.75, 3.05) is 26.3 Å². The van der Waals surface area contributed by atoms with E-state index in [-0.39, 0.29) is 18.7 Å². The van der Waals surface area contributed by atoms with Gasteiger partial charge in [-0.15, -0.1) is 22.7 Å². The Morgan fingerprint density at radius 3 is 2.66 bits per heavy atom. The molecular weight excluding hydrogens is 489 g/mol. The Hall–Kier alpha value is -2.96. The molecule has 4 aromatic rings. The molecule has 4 rings (SSSR count). The van der Waals surface area contributed by atoms with Gasteiger partial charge in [-0.3, -0.25) is 9.88 Å². The normalized spacial score (nSPS) is 12.4. The van der Waals surface area contributed by atoms with Gasteiger partial charge in [-0.1, -0.05) is 6.07 Å². The van der Waals surface area contributed by atoms with E-state index in [1.165, 1.54) is 22.7 Å². The van der Waals surface area contributed by atoms with Gasteiger partial charge in [0.2, 0.25) is 0 Å². The van der Waals surface area contributed by atoms with E-state index >= 15 is 4.39 Å². The molecular formula is C24H26FN5O3S2. The van der Waals surface area contributed by atoms with E-state index in [2.05, 4.69) is 15.3 Å². The molecule has 8 nitrogen and oxygen atoms in total. The minimum Gasteiger partial charge on any atom is -0.395 e. The fourth-order valence-corrected chi connectivity index (χ4v) is 5.84. The first-order chi connectivity index (χ1) is 16.9. The van der Waals surface area contributed by atoms with E-state index in [0.29, 0.717) is 46.2 Å². The van der Waals surface area contributed by atoms with Gasteiger partial charge in [-0.05, 0) is 42.1 Å². The van der Waals surface area contributed by atoms with Crippen LogP contribution in [0, 0.1) is 5.82 Å². The molecule has 5 N–H and O–H groups in total. The Kier molecular flexibility index (Phi) is 8.04. The van der Waals surface area contributed by atoms with E-state index < -0.39 is 17.9 Å². The zero-order chi connectivity index (χ0) is 24.9. The van der Waals surface area contributed by atoms with Gasteiger partial charge in [0.05, 0.1) is 29.6 Å². The summed E-state index contributed by atoms with van der Waals surface area (Å²) in [6.45, 7) is 3.16. The van der Waals surface area contributed by atoms with Gasteiger partial charge < -0.3 is 21.3 Å². The maximum absolute atomic E-state index is 15.8. The number of hydrogen-bond acceptors (Lipinski definition) is 8. The molecule has 0 saturated heterocycles. The van der Waals surface area contributed by atoms with Crippen molar-refractivity contribution < 1.29 is 19.4 Å². The molecule has 3 heterocycles. The van der Waals surface area contributed by atoms with Crippen molar-refractivity contribution in [2.24, 2.45) is 5.73 Å². The van der Waals surface area contributed by atoms with Crippen LogP contribution in [-0.2, 0) is 6.54 Å². The van der Waals surface area contributed by atoms with Crippen molar-refractivity contribution in [3.05, 3.63) is 57.6 Å². The zero-order valence-electron chi connectivity index (χ0n) is 19.1. The van der Waals surface area contributed by atoms with Crippen LogP contribution in [0.4, 0.5) is 9.18 Å². The number of carbonyl (C=O) groups excluding carboxylic acids is 1. The van der Waals surface area contributed by atoms with Gasteiger partial charge in [0.15, 0.2) is 5.82 Å². The monoisotopic (exact) mass is 515 g/mol. The summed E-state index contributed by atoms with van der Waals surface area (Å²) in [6, 6.07) is 8.11. The third kappa shape index (κ3) is 5.65. The number of aromatic nitrogens is 2. The van der Waals surface area contributed by atoms with Crippen LogP contribution >= 0.6 is 22.7 Å². The third-order valence-corrected chi connectivity index (χ3v) is 7.66. The van der Waals surface area contributed by atoms with E-state index in [0.717, 1.165) is 10.4 Å². The number of thiophene rings is 1. The molecule has 3 aromatic heterocycles. The molecule has 0 aliphatic carbocycles. The maximum Gasteiger partial charge on any atom is 0.312 e. The molecule has 11 heteroatoms. The number of halogens is 1. The number of thiazole rings is 1. The maximum atomic E-state index is 15.8. The third-order valence-electron chi connectivity index (χ3n) is 5.47. The summed E-state index contributed by atoms with van der Waals surface area (Å²) in [6.07, 6.45) is 1.68. The van der Waals surface area contributed by atoms with Crippen LogP contribution in [0.15, 0.2) is 41.9 Å². The highest BCUT2D eigenvalue weighted by molar-refractivity contribution is 7.19. The molecule has 1 atom stereocenters. The lowest BCUT2D eigenvalue weighted by Gasteiger charge is -2.18. The quantitative estimate of drug-likeness (QED) is 0.255. The number of aliphatic hydroxyl groups excluding tert-OH is 2. The number of nitrogens with zero attached hydrogens (tertiary/aromatic N) is 3. The minimum atomic E-state index is -0.676. The predicted octanol–water partition coefficient (Wildman–Crippen LogP) is 3.74. The van der Waals surface area contributed by atoms with Gasteiger partial charge >= 0.3 is 6.03 Å². The summed E-state index contributed by atoms with van der Waals surface area (Å²) in [7, 11) is 0. The highest BCUT2D eigenvalue weighted by atomic mass is 32.1. The lowest BCUT2D eigenvalue weighted by atomic mass is 10.0. The number of amides is 2. The number of urea groups is 1. The largest absolute Gasteiger partial charge is 0.395 e. The molecule has 0 radical (unpaired) electrons. The Morgan fingerprint density at radius 1 is 1.23 bits per heavy atom. The van der Waals surface area contributed by atoms with E-state index in [4.69, 9.17) is 5.73 Å². The molecule has 1 aromatic carbocycles. The lowest BCUT2D eigenvalue weighted by molar-refractivity contribution is 0.157. The summed E-state index contributed by atoms with van der Waals surface area (Å²) >= 11 is 2.79.